The molecule has 0 radical (unpaired) electrons. The summed E-state index contributed by atoms with van der Waals surface area (Å²) in [5, 5.41) is 3.25. The average molecular weight is 354 g/mol. The Hall–Kier alpha value is -0.750. The minimum atomic E-state index is 0.0754. The van der Waals surface area contributed by atoms with E-state index in [1.54, 1.807) is 11.3 Å². The summed E-state index contributed by atoms with van der Waals surface area (Å²) in [5.74, 6) is 5.71. The SMILES string of the molecule is CC(C)(C)c1csc(CC(NN)c2cccc(Br)c2)n1. The number of rotatable bonds is 4. The molecule has 0 aliphatic rings. The molecule has 3 N–H and O–H groups in total. The molecule has 0 saturated carbocycles. The predicted octanol–water partition coefficient (Wildman–Crippen LogP) is 3.95. The smallest absolute Gasteiger partial charge is 0.0948 e. The number of hydrogen-bond acceptors (Lipinski definition) is 4. The van der Waals surface area contributed by atoms with Crippen molar-refractivity contribution in [1.82, 2.24) is 10.4 Å². The first-order chi connectivity index (χ1) is 9.40. The van der Waals surface area contributed by atoms with Crippen LogP contribution in [0.5, 0.6) is 0 Å². The monoisotopic (exact) mass is 353 g/mol. The molecule has 0 fully saturated rings. The summed E-state index contributed by atoms with van der Waals surface area (Å²) in [6, 6.07) is 8.27. The zero-order valence-corrected chi connectivity index (χ0v) is 14.4. The fourth-order valence-electron chi connectivity index (χ4n) is 1.92. The molecule has 5 heteroatoms. The van der Waals surface area contributed by atoms with Crippen LogP contribution in [0.2, 0.25) is 0 Å². The van der Waals surface area contributed by atoms with E-state index in [4.69, 9.17) is 10.8 Å². The lowest BCUT2D eigenvalue weighted by atomic mass is 9.93. The number of hydrogen-bond donors (Lipinski definition) is 2. The van der Waals surface area contributed by atoms with E-state index < -0.39 is 0 Å². The van der Waals surface area contributed by atoms with E-state index in [1.165, 1.54) is 0 Å². The molecule has 0 aliphatic heterocycles. The number of aromatic nitrogens is 1. The molecule has 0 bridgehead atoms. The molecule has 1 unspecified atom stereocenters. The van der Waals surface area contributed by atoms with Crippen LogP contribution in [0.25, 0.3) is 0 Å². The predicted molar refractivity (Wildman–Crippen MR) is 88.7 cm³/mol. The summed E-state index contributed by atoms with van der Waals surface area (Å²) in [6.07, 6.45) is 0.799. The highest BCUT2D eigenvalue weighted by atomic mass is 79.9. The number of thiazole rings is 1. The van der Waals surface area contributed by atoms with Gasteiger partial charge >= 0.3 is 0 Å². The van der Waals surface area contributed by atoms with Crippen molar-refractivity contribution < 1.29 is 0 Å². The first-order valence-corrected chi connectivity index (χ1v) is 8.24. The summed E-state index contributed by atoms with van der Waals surface area (Å²) in [6.45, 7) is 6.54. The van der Waals surface area contributed by atoms with Crippen molar-refractivity contribution in [3.63, 3.8) is 0 Å². The second kappa shape index (κ2) is 6.35. The van der Waals surface area contributed by atoms with Crippen molar-refractivity contribution in [1.29, 1.82) is 0 Å². The zero-order chi connectivity index (χ0) is 14.8. The zero-order valence-electron chi connectivity index (χ0n) is 12.0. The minimum absolute atomic E-state index is 0.0754. The van der Waals surface area contributed by atoms with Gasteiger partial charge in [0.1, 0.15) is 0 Å². The van der Waals surface area contributed by atoms with Gasteiger partial charge in [0.15, 0.2) is 0 Å². The van der Waals surface area contributed by atoms with Crippen LogP contribution in [0.4, 0.5) is 0 Å². The normalized spacial score (nSPS) is 13.4. The van der Waals surface area contributed by atoms with Crippen LogP contribution in [-0.4, -0.2) is 4.98 Å². The Kier molecular flexibility index (Phi) is 4.96. The number of nitrogens with two attached hydrogens (primary N) is 1. The van der Waals surface area contributed by atoms with Crippen LogP contribution in [0, 0.1) is 0 Å². The van der Waals surface area contributed by atoms with Gasteiger partial charge in [0, 0.05) is 21.7 Å². The molecular formula is C15H20BrN3S. The number of nitrogens with zero attached hydrogens (tertiary/aromatic N) is 1. The maximum absolute atomic E-state index is 5.71. The molecule has 108 valence electrons. The maximum atomic E-state index is 5.71. The van der Waals surface area contributed by atoms with Crippen LogP contribution >= 0.6 is 27.3 Å². The number of nitrogens with one attached hydrogen (secondary N) is 1. The summed E-state index contributed by atoms with van der Waals surface area (Å²) >= 11 is 5.19. The van der Waals surface area contributed by atoms with Crippen molar-refractivity contribution >= 4 is 27.3 Å². The van der Waals surface area contributed by atoms with Crippen LogP contribution in [-0.2, 0) is 11.8 Å². The Labute approximate surface area is 132 Å². The molecule has 3 nitrogen and oxygen atoms in total. The van der Waals surface area contributed by atoms with Gasteiger partial charge < -0.3 is 0 Å². The van der Waals surface area contributed by atoms with Crippen LogP contribution in [0.15, 0.2) is 34.1 Å². The molecule has 1 heterocycles. The van der Waals surface area contributed by atoms with Crippen LogP contribution < -0.4 is 11.3 Å². The summed E-state index contributed by atoms with van der Waals surface area (Å²) < 4.78 is 1.06. The third kappa shape index (κ3) is 3.88. The fourth-order valence-corrected chi connectivity index (χ4v) is 3.40. The van der Waals surface area contributed by atoms with Crippen LogP contribution in [0.1, 0.15) is 43.1 Å². The lowest BCUT2D eigenvalue weighted by Gasteiger charge is -2.16. The summed E-state index contributed by atoms with van der Waals surface area (Å²) in [7, 11) is 0. The maximum Gasteiger partial charge on any atom is 0.0948 e. The standard InChI is InChI=1S/C15H20BrN3S/c1-15(2,3)13-9-20-14(18-13)8-12(19-17)10-5-4-6-11(16)7-10/h4-7,9,12,19H,8,17H2,1-3H3. The Morgan fingerprint density at radius 2 is 2.15 bits per heavy atom. The van der Waals surface area contributed by atoms with E-state index in [0.29, 0.717) is 0 Å². The topological polar surface area (TPSA) is 50.9 Å². The molecule has 0 amide bonds. The van der Waals surface area contributed by atoms with Gasteiger partial charge in [-0.1, -0.05) is 48.8 Å². The Bertz CT molecular complexity index is 574. The highest BCUT2D eigenvalue weighted by Crippen LogP contribution is 2.27. The van der Waals surface area contributed by atoms with Gasteiger partial charge in [0.25, 0.3) is 0 Å². The van der Waals surface area contributed by atoms with E-state index in [0.717, 1.165) is 27.2 Å². The molecule has 20 heavy (non-hydrogen) atoms. The van der Waals surface area contributed by atoms with Gasteiger partial charge in [-0.3, -0.25) is 11.3 Å². The van der Waals surface area contributed by atoms with Crippen molar-refractivity contribution in [3.8, 4) is 0 Å². The second-order valence-electron chi connectivity index (χ2n) is 5.85. The largest absolute Gasteiger partial charge is 0.271 e. The third-order valence-electron chi connectivity index (χ3n) is 3.15. The lowest BCUT2D eigenvalue weighted by Crippen LogP contribution is -2.29. The molecule has 1 aromatic carbocycles. The second-order valence-corrected chi connectivity index (χ2v) is 7.71. The molecule has 0 spiro atoms. The molecule has 2 rings (SSSR count). The van der Waals surface area contributed by atoms with E-state index >= 15 is 0 Å². The Morgan fingerprint density at radius 1 is 1.40 bits per heavy atom. The van der Waals surface area contributed by atoms with Crippen molar-refractivity contribution in [2.75, 3.05) is 0 Å². The first-order valence-electron chi connectivity index (χ1n) is 6.56. The van der Waals surface area contributed by atoms with Crippen molar-refractivity contribution in [2.24, 2.45) is 5.84 Å². The quantitative estimate of drug-likeness (QED) is 0.646. The summed E-state index contributed by atoms with van der Waals surface area (Å²) in [4.78, 5) is 4.73. The van der Waals surface area contributed by atoms with Gasteiger partial charge in [-0.15, -0.1) is 11.3 Å². The third-order valence-corrected chi connectivity index (χ3v) is 4.52. The van der Waals surface area contributed by atoms with Crippen LogP contribution in [0.3, 0.4) is 0 Å². The van der Waals surface area contributed by atoms with Gasteiger partial charge in [-0.05, 0) is 17.7 Å². The number of halogens is 1. The summed E-state index contributed by atoms with van der Waals surface area (Å²) in [5.41, 5.74) is 5.28. The van der Waals surface area contributed by atoms with Crippen molar-refractivity contribution in [2.45, 2.75) is 38.6 Å². The molecule has 1 atom stereocenters. The minimum Gasteiger partial charge on any atom is -0.271 e. The van der Waals surface area contributed by atoms with Gasteiger partial charge in [-0.2, -0.15) is 0 Å². The highest BCUT2D eigenvalue weighted by Gasteiger charge is 2.19. The van der Waals surface area contributed by atoms with Gasteiger partial charge in [0.2, 0.25) is 0 Å². The average Bonchev–Trinajstić information content (AvgIpc) is 2.84. The molecular weight excluding hydrogens is 334 g/mol. The molecule has 2 aromatic rings. The van der Waals surface area contributed by atoms with Gasteiger partial charge in [0.05, 0.1) is 16.7 Å². The van der Waals surface area contributed by atoms with E-state index in [2.05, 4.69) is 59.6 Å². The Balaban J connectivity index is 2.16. The fraction of sp³-hybridized carbons (Fsp3) is 0.400. The number of benzene rings is 1. The molecule has 1 aromatic heterocycles. The van der Waals surface area contributed by atoms with Gasteiger partial charge in [-0.25, -0.2) is 4.98 Å². The van der Waals surface area contributed by atoms with E-state index in [9.17, 15) is 0 Å². The molecule has 0 aliphatic carbocycles. The lowest BCUT2D eigenvalue weighted by molar-refractivity contribution is 0.541. The number of hydrazine groups is 1. The Morgan fingerprint density at radius 3 is 2.70 bits per heavy atom. The van der Waals surface area contributed by atoms with E-state index in [-0.39, 0.29) is 11.5 Å². The van der Waals surface area contributed by atoms with E-state index in [1.807, 2.05) is 12.1 Å². The highest BCUT2D eigenvalue weighted by molar-refractivity contribution is 9.10. The van der Waals surface area contributed by atoms with Crippen molar-refractivity contribution in [3.05, 3.63) is 50.4 Å². The first kappa shape index (κ1) is 15.6. The molecule has 0 saturated heterocycles.